The summed E-state index contributed by atoms with van der Waals surface area (Å²) in [6.45, 7) is 28.5. The van der Waals surface area contributed by atoms with E-state index >= 15 is 0 Å². The van der Waals surface area contributed by atoms with Crippen LogP contribution >= 0.6 is 0 Å². The molecule has 15 aromatic rings. The molecule has 8 heterocycles. The van der Waals surface area contributed by atoms with Crippen LogP contribution in [0.15, 0.2) is 347 Å². The Morgan fingerprint density at radius 3 is 0.672 bits per heavy atom. The van der Waals surface area contributed by atoms with Crippen molar-refractivity contribution in [1.82, 2.24) is 39.9 Å². The fourth-order valence-corrected chi connectivity index (χ4v) is 9.80. The quantitative estimate of drug-likeness (QED) is 0.0793. The summed E-state index contributed by atoms with van der Waals surface area (Å²) >= 11 is 0. The molecule has 7 aromatic carbocycles. The number of hydrogen-bond donors (Lipinski definition) is 0. The average molecular weight is 1720 g/mol. The first-order valence-electron chi connectivity index (χ1n) is 35.3. The van der Waals surface area contributed by atoms with Crippen LogP contribution in [0, 0.1) is 86.2 Å². The molecule has 0 bridgehead atoms. The fourth-order valence-electron chi connectivity index (χ4n) is 9.80. The third kappa shape index (κ3) is 37.0. The van der Waals surface area contributed by atoms with E-state index in [-0.39, 0.29) is 71.4 Å². The van der Waals surface area contributed by atoms with Gasteiger partial charge in [0.2, 0.25) is 0 Å². The number of aromatic nitrogens is 8. The molecule has 0 saturated heterocycles. The molecule has 0 amide bonds. The predicted molar refractivity (Wildman–Crippen MR) is 439 cm³/mol. The summed E-state index contributed by atoms with van der Waals surface area (Å²) in [5.41, 5.74) is 21.4. The van der Waals surface area contributed by atoms with Crippen molar-refractivity contribution >= 4 is 5.69 Å². The maximum atomic E-state index is 8.49. The van der Waals surface area contributed by atoms with Gasteiger partial charge in [0.15, 0.2) is 5.69 Å². The number of nitrogens with zero attached hydrogens (tertiary/aromatic N) is 9. The summed E-state index contributed by atoms with van der Waals surface area (Å²) < 4.78 is 34.0. The van der Waals surface area contributed by atoms with Crippen LogP contribution in [-0.4, -0.2) is 39.9 Å². The van der Waals surface area contributed by atoms with E-state index < -0.39 is 10.2 Å². The number of aryl methyl sites for hydroxylation is 2. The van der Waals surface area contributed by atoms with Gasteiger partial charge in [0.05, 0.1) is 6.57 Å². The van der Waals surface area contributed by atoms with Crippen LogP contribution in [0.3, 0.4) is 0 Å². The van der Waals surface area contributed by atoms with Crippen molar-refractivity contribution < 1.29 is 94.8 Å². The van der Waals surface area contributed by atoms with Crippen LogP contribution in [0.1, 0.15) is 68.9 Å². The minimum Gasteiger partial charge on any atom is -0.521 e. The number of hydrogen-bond acceptors (Lipinski definition) is 12. The Hall–Kier alpha value is -11.8. The Bertz CT molecular complexity index is 4570. The molecule has 0 saturated carbocycles. The Morgan fingerprint density at radius 2 is 0.517 bits per heavy atom. The topological polar surface area (TPSA) is 200 Å². The standard InChI is InChI=1S/4C16H11N2.C12H13.C9H9N.C8H5.C3H8.C2H3.ClHO4.4Ni/c4*1-3-10-17-15(8-1)13-6-5-7-14(12-13)16-9-2-4-11-18-16;1-5-10-6-8-11(9-7-10)12(2,3)4;1-7-5-4-6-8(2)9(7)10-3;1-2-8-6-4-3-5-7-8;1-3-2;1-2;2-1(3,4)5;;;;/h4*1-11H;6-9H,2-4H3;4-6H,1-2H3;3-7H;3H2,1-2H3;1H,2H2;(H,2,3,4,5);;;;/q5*-1;;-1;;-1;;4*+2/p-1. The molecular weight excluding hydrogens is 1640 g/mol. The molecule has 18 heteroatoms. The molecule has 0 spiro atoms. The van der Waals surface area contributed by atoms with Gasteiger partial charge in [0.1, 0.15) is 0 Å². The fraction of sp³-hybridized carbons (Fsp3) is 0.0918. The molecule has 0 aliphatic carbocycles. The van der Waals surface area contributed by atoms with E-state index in [9.17, 15) is 0 Å². The van der Waals surface area contributed by atoms with E-state index in [4.69, 9.17) is 38.1 Å². The summed E-state index contributed by atoms with van der Waals surface area (Å²) in [6, 6.07) is 108. The van der Waals surface area contributed by atoms with Gasteiger partial charge in [-0.3, -0.25) is 58.3 Å². The van der Waals surface area contributed by atoms with Gasteiger partial charge in [0, 0.05) is 95.1 Å². The zero-order chi connectivity index (χ0) is 80.6. The summed E-state index contributed by atoms with van der Waals surface area (Å²) in [4.78, 5) is 38.1. The number of pyridine rings is 8. The van der Waals surface area contributed by atoms with Crippen molar-refractivity contribution in [2.24, 2.45) is 0 Å². The minimum absolute atomic E-state index is 0. The van der Waals surface area contributed by atoms with Gasteiger partial charge >= 0.3 is 66.0 Å². The zero-order valence-electron chi connectivity index (χ0n) is 64.6. The van der Waals surface area contributed by atoms with E-state index in [1.807, 2.05) is 293 Å². The molecular formula is C98H82ClN9Ni4O4. The van der Waals surface area contributed by atoms with E-state index in [2.05, 4.69) is 141 Å². The normalized spacial score (nSPS) is 9.48. The molecule has 0 aliphatic rings. The van der Waals surface area contributed by atoms with Gasteiger partial charge in [-0.2, -0.15) is 0 Å². The number of benzene rings is 7. The third-order valence-electron chi connectivity index (χ3n) is 15.1. The van der Waals surface area contributed by atoms with Crippen LogP contribution < -0.4 is 18.6 Å². The van der Waals surface area contributed by atoms with Crippen LogP contribution in [-0.2, 0) is 71.4 Å². The van der Waals surface area contributed by atoms with Crippen LogP contribution in [0.4, 0.5) is 5.69 Å². The molecule has 0 unspecified atom stereocenters. The van der Waals surface area contributed by atoms with Crippen molar-refractivity contribution in [1.29, 1.82) is 0 Å². The summed E-state index contributed by atoms with van der Waals surface area (Å²) in [5.74, 6) is 4.63. The Morgan fingerprint density at radius 1 is 0.328 bits per heavy atom. The molecule has 13 nitrogen and oxygen atoms in total. The Kier molecular flexibility index (Phi) is 48.8. The third-order valence-corrected chi connectivity index (χ3v) is 15.1. The van der Waals surface area contributed by atoms with Crippen molar-refractivity contribution in [3.8, 4) is 102 Å². The first-order valence-corrected chi connectivity index (χ1v) is 36.5. The maximum Gasteiger partial charge on any atom is 2.00 e. The van der Waals surface area contributed by atoms with Crippen LogP contribution in [0.25, 0.3) is 94.9 Å². The second-order valence-electron chi connectivity index (χ2n) is 24.5. The van der Waals surface area contributed by atoms with Crippen LogP contribution in [0.5, 0.6) is 0 Å². The SMILES string of the molecule is CCC.[C-]#Cc1ccc(C(C)(C)C)cc1.[C-]#Cc1ccccc1.[C-]#[N+]c1c(C)cccc1C.[CH-]=C.[Ni+2].[Ni+2].[Ni+2].[Ni+2].[O-][Cl+3]([O-])([O-])[O-].[c-]1c(-c2ccccn2)cccc1-c1ccccn1.[c-]1c(-c2ccccn2)cccc1-c1ccccn1.[c-]1c(-c2ccccn2)cccc1-c1ccccn1.[c-]1c(-c2ccccn2)cccc1-c1ccccn1. The largest absolute Gasteiger partial charge is 2.00 e. The van der Waals surface area contributed by atoms with E-state index in [1.165, 1.54) is 12.0 Å². The summed E-state index contributed by atoms with van der Waals surface area (Å²) in [6.07, 6.45) is 29.2. The van der Waals surface area contributed by atoms with Crippen molar-refractivity contribution in [3.05, 3.63) is 430 Å². The molecule has 0 aliphatic heterocycles. The first-order chi connectivity index (χ1) is 54.4. The van der Waals surface area contributed by atoms with Gasteiger partial charge in [-0.1, -0.05) is 231 Å². The molecule has 0 atom stereocenters. The van der Waals surface area contributed by atoms with E-state index in [1.54, 1.807) is 49.6 Å². The monoisotopic (exact) mass is 1720 g/mol. The predicted octanol–water partition coefficient (Wildman–Crippen LogP) is 19.1. The molecule has 0 N–H and O–H groups in total. The van der Waals surface area contributed by atoms with Gasteiger partial charge in [-0.25, -0.2) is 23.5 Å². The average Bonchev–Trinajstić information content (AvgIpc) is 0.850. The van der Waals surface area contributed by atoms with Gasteiger partial charge in [-0.15, -0.1) is 143 Å². The molecule has 0 radical (unpaired) electrons. The minimum atomic E-state index is -4.94. The molecule has 15 rings (SSSR count). The van der Waals surface area contributed by atoms with E-state index in [0.717, 1.165) is 118 Å². The number of rotatable bonds is 8. The summed E-state index contributed by atoms with van der Waals surface area (Å²) in [5, 5.41) is 0. The molecule has 8 aromatic heterocycles. The number of para-hydroxylation sites is 1. The molecule has 0 fully saturated rings. The smallest absolute Gasteiger partial charge is 0.521 e. The van der Waals surface area contributed by atoms with Crippen molar-refractivity contribution in [2.45, 2.75) is 60.3 Å². The summed E-state index contributed by atoms with van der Waals surface area (Å²) in [7, 11) is -4.94. The second-order valence-corrected chi connectivity index (χ2v) is 25.3. The Labute approximate surface area is 727 Å². The van der Waals surface area contributed by atoms with Crippen LogP contribution in [0.2, 0.25) is 0 Å². The zero-order valence-corrected chi connectivity index (χ0v) is 69.3. The second kappa shape index (κ2) is 56.4. The van der Waals surface area contributed by atoms with E-state index in [0.29, 0.717) is 0 Å². The van der Waals surface area contributed by atoms with Gasteiger partial charge in [-0.05, 0) is 84.5 Å². The molecule has 590 valence electrons. The molecule has 116 heavy (non-hydrogen) atoms. The van der Waals surface area contributed by atoms with Crippen molar-refractivity contribution in [3.63, 3.8) is 0 Å². The number of halogens is 1. The van der Waals surface area contributed by atoms with Gasteiger partial charge < -0.3 is 19.4 Å². The van der Waals surface area contributed by atoms with Crippen molar-refractivity contribution in [2.75, 3.05) is 0 Å². The maximum absolute atomic E-state index is 8.49. The Balaban J connectivity index is 0.000000453. The van der Waals surface area contributed by atoms with Gasteiger partial charge in [0.25, 0.3) is 0 Å². The first kappa shape index (κ1) is 100.